The van der Waals surface area contributed by atoms with Gasteiger partial charge in [-0.3, -0.25) is 0 Å². The SMILES string of the molecule is CCN(Cc1ccccc1)c1cnnc(NCc2ccccc2C)n1. The van der Waals surface area contributed by atoms with Crippen molar-refractivity contribution in [1.82, 2.24) is 15.2 Å². The maximum absolute atomic E-state index is 4.63. The number of hydrogen-bond donors (Lipinski definition) is 1. The van der Waals surface area contributed by atoms with Crippen molar-refractivity contribution >= 4 is 11.8 Å². The predicted molar refractivity (Wildman–Crippen MR) is 101 cm³/mol. The normalized spacial score (nSPS) is 10.5. The average molecular weight is 333 g/mol. The van der Waals surface area contributed by atoms with Crippen molar-refractivity contribution in [2.45, 2.75) is 26.9 Å². The molecule has 5 nitrogen and oxygen atoms in total. The van der Waals surface area contributed by atoms with E-state index >= 15 is 0 Å². The summed E-state index contributed by atoms with van der Waals surface area (Å²) in [5.41, 5.74) is 3.73. The van der Waals surface area contributed by atoms with Gasteiger partial charge in [-0.05, 0) is 30.5 Å². The Morgan fingerprint density at radius 3 is 2.52 bits per heavy atom. The molecule has 0 unspecified atom stereocenters. The second kappa shape index (κ2) is 8.24. The molecule has 0 saturated heterocycles. The number of rotatable bonds is 7. The van der Waals surface area contributed by atoms with E-state index in [1.807, 2.05) is 18.2 Å². The van der Waals surface area contributed by atoms with E-state index in [1.165, 1.54) is 16.7 Å². The number of anilines is 2. The van der Waals surface area contributed by atoms with Crippen LogP contribution in [0.2, 0.25) is 0 Å². The third kappa shape index (κ3) is 4.53. The lowest BCUT2D eigenvalue weighted by molar-refractivity contribution is 0.796. The molecule has 0 aliphatic carbocycles. The first kappa shape index (κ1) is 16.9. The highest BCUT2D eigenvalue weighted by molar-refractivity contribution is 5.41. The van der Waals surface area contributed by atoms with Crippen LogP contribution in [0.25, 0.3) is 0 Å². The number of aryl methyl sites for hydroxylation is 1. The Morgan fingerprint density at radius 1 is 1.00 bits per heavy atom. The Bertz CT molecular complexity index is 804. The molecule has 0 radical (unpaired) electrons. The molecule has 0 aliphatic rings. The maximum Gasteiger partial charge on any atom is 0.244 e. The molecular weight excluding hydrogens is 310 g/mol. The fourth-order valence-corrected chi connectivity index (χ4v) is 2.66. The molecule has 0 atom stereocenters. The zero-order chi connectivity index (χ0) is 17.5. The van der Waals surface area contributed by atoms with Gasteiger partial charge in [-0.15, -0.1) is 5.10 Å². The average Bonchev–Trinajstić information content (AvgIpc) is 2.66. The number of nitrogens with zero attached hydrogens (tertiary/aromatic N) is 4. The van der Waals surface area contributed by atoms with Gasteiger partial charge < -0.3 is 10.2 Å². The molecule has 0 spiro atoms. The first-order chi connectivity index (χ1) is 12.3. The second-order valence-electron chi connectivity index (χ2n) is 5.92. The molecule has 1 aromatic heterocycles. The van der Waals surface area contributed by atoms with Crippen molar-refractivity contribution in [2.75, 3.05) is 16.8 Å². The van der Waals surface area contributed by atoms with Crippen LogP contribution in [0.3, 0.4) is 0 Å². The maximum atomic E-state index is 4.63. The Labute approximate surface area is 148 Å². The van der Waals surface area contributed by atoms with Crippen LogP contribution in [0.15, 0.2) is 60.8 Å². The van der Waals surface area contributed by atoms with Gasteiger partial charge in [-0.1, -0.05) is 54.6 Å². The van der Waals surface area contributed by atoms with Crippen molar-refractivity contribution in [3.63, 3.8) is 0 Å². The van der Waals surface area contributed by atoms with Gasteiger partial charge in [0.25, 0.3) is 0 Å². The fraction of sp³-hybridized carbons (Fsp3) is 0.250. The first-order valence-electron chi connectivity index (χ1n) is 8.53. The van der Waals surface area contributed by atoms with Crippen LogP contribution < -0.4 is 10.2 Å². The van der Waals surface area contributed by atoms with Crippen molar-refractivity contribution in [2.24, 2.45) is 0 Å². The third-order valence-electron chi connectivity index (χ3n) is 4.17. The van der Waals surface area contributed by atoms with Crippen LogP contribution in [-0.4, -0.2) is 21.7 Å². The topological polar surface area (TPSA) is 53.9 Å². The molecule has 0 saturated carbocycles. The molecule has 0 bridgehead atoms. The lowest BCUT2D eigenvalue weighted by Gasteiger charge is -2.21. The molecule has 128 valence electrons. The molecule has 25 heavy (non-hydrogen) atoms. The lowest BCUT2D eigenvalue weighted by Crippen LogP contribution is -2.24. The van der Waals surface area contributed by atoms with Gasteiger partial charge in [0.05, 0.1) is 6.20 Å². The second-order valence-corrected chi connectivity index (χ2v) is 5.92. The zero-order valence-corrected chi connectivity index (χ0v) is 14.7. The Kier molecular flexibility index (Phi) is 5.57. The monoisotopic (exact) mass is 333 g/mol. The summed E-state index contributed by atoms with van der Waals surface area (Å²) in [4.78, 5) is 6.81. The van der Waals surface area contributed by atoms with Crippen molar-refractivity contribution < 1.29 is 0 Å². The molecular formula is C20H23N5. The first-order valence-corrected chi connectivity index (χ1v) is 8.53. The molecule has 3 rings (SSSR count). The van der Waals surface area contributed by atoms with Crippen LogP contribution in [0.4, 0.5) is 11.8 Å². The van der Waals surface area contributed by atoms with E-state index in [-0.39, 0.29) is 0 Å². The van der Waals surface area contributed by atoms with E-state index in [4.69, 9.17) is 0 Å². The number of aromatic nitrogens is 3. The van der Waals surface area contributed by atoms with Crippen LogP contribution in [0.5, 0.6) is 0 Å². The van der Waals surface area contributed by atoms with E-state index in [9.17, 15) is 0 Å². The van der Waals surface area contributed by atoms with Crippen molar-refractivity contribution in [1.29, 1.82) is 0 Å². The van der Waals surface area contributed by atoms with E-state index in [1.54, 1.807) is 6.20 Å². The van der Waals surface area contributed by atoms with Crippen LogP contribution in [-0.2, 0) is 13.1 Å². The molecule has 0 aliphatic heterocycles. The molecule has 5 heteroatoms. The lowest BCUT2D eigenvalue weighted by atomic mass is 10.1. The molecule has 0 amide bonds. The minimum Gasteiger partial charge on any atom is -0.351 e. The van der Waals surface area contributed by atoms with Gasteiger partial charge in [-0.2, -0.15) is 10.1 Å². The van der Waals surface area contributed by atoms with E-state index < -0.39 is 0 Å². The van der Waals surface area contributed by atoms with E-state index in [2.05, 4.69) is 75.6 Å². The van der Waals surface area contributed by atoms with Crippen LogP contribution in [0.1, 0.15) is 23.6 Å². The summed E-state index contributed by atoms with van der Waals surface area (Å²) in [6.45, 7) is 6.55. The highest BCUT2D eigenvalue weighted by atomic mass is 15.3. The summed E-state index contributed by atoms with van der Waals surface area (Å²) >= 11 is 0. The van der Waals surface area contributed by atoms with E-state index in [0.29, 0.717) is 12.5 Å². The quantitative estimate of drug-likeness (QED) is 0.712. The largest absolute Gasteiger partial charge is 0.351 e. The van der Waals surface area contributed by atoms with Crippen LogP contribution in [0, 0.1) is 6.92 Å². The molecule has 1 N–H and O–H groups in total. The van der Waals surface area contributed by atoms with Gasteiger partial charge in [0.2, 0.25) is 5.95 Å². The van der Waals surface area contributed by atoms with Crippen LogP contribution >= 0.6 is 0 Å². The Balaban J connectivity index is 1.70. The summed E-state index contributed by atoms with van der Waals surface area (Å²) in [5.74, 6) is 1.38. The number of hydrogen-bond acceptors (Lipinski definition) is 5. The van der Waals surface area contributed by atoms with Crippen molar-refractivity contribution in [3.05, 3.63) is 77.5 Å². The van der Waals surface area contributed by atoms with E-state index in [0.717, 1.165) is 18.9 Å². The Morgan fingerprint density at radius 2 is 1.76 bits per heavy atom. The number of nitrogens with one attached hydrogen (secondary N) is 1. The fourth-order valence-electron chi connectivity index (χ4n) is 2.66. The van der Waals surface area contributed by atoms with Gasteiger partial charge in [0.1, 0.15) is 0 Å². The molecule has 3 aromatic rings. The minimum atomic E-state index is 0.548. The highest BCUT2D eigenvalue weighted by Crippen LogP contribution is 2.15. The standard InChI is InChI=1S/C20H23N5/c1-3-25(15-17-10-5-4-6-11-17)19-14-22-24-20(23-19)21-13-18-12-8-7-9-16(18)2/h4-12,14H,3,13,15H2,1-2H3,(H,21,23,24). The summed E-state index contributed by atoms with van der Waals surface area (Å²) in [6, 6.07) is 18.7. The highest BCUT2D eigenvalue weighted by Gasteiger charge is 2.09. The predicted octanol–water partition coefficient (Wildman–Crippen LogP) is 3.82. The summed E-state index contributed by atoms with van der Waals surface area (Å²) in [6.07, 6.45) is 1.71. The van der Waals surface area contributed by atoms with Gasteiger partial charge >= 0.3 is 0 Å². The number of benzene rings is 2. The van der Waals surface area contributed by atoms with Gasteiger partial charge in [0, 0.05) is 19.6 Å². The summed E-state index contributed by atoms with van der Waals surface area (Å²) < 4.78 is 0. The molecule has 1 heterocycles. The third-order valence-corrected chi connectivity index (χ3v) is 4.17. The zero-order valence-electron chi connectivity index (χ0n) is 14.7. The Hall–Kier alpha value is -2.95. The molecule has 0 fully saturated rings. The minimum absolute atomic E-state index is 0.548. The van der Waals surface area contributed by atoms with Gasteiger partial charge in [-0.25, -0.2) is 0 Å². The molecule has 2 aromatic carbocycles. The summed E-state index contributed by atoms with van der Waals surface area (Å²) in [7, 11) is 0. The summed E-state index contributed by atoms with van der Waals surface area (Å²) in [5, 5.41) is 11.5. The van der Waals surface area contributed by atoms with Crippen molar-refractivity contribution in [3.8, 4) is 0 Å². The smallest absolute Gasteiger partial charge is 0.244 e. The van der Waals surface area contributed by atoms with Gasteiger partial charge in [0.15, 0.2) is 5.82 Å².